The van der Waals surface area contributed by atoms with Crippen molar-refractivity contribution in [3.63, 3.8) is 0 Å². The molecule has 0 bridgehead atoms. The van der Waals surface area contributed by atoms with Crippen LogP contribution in [0.25, 0.3) is 0 Å². The molecule has 1 heterocycles. The van der Waals surface area contributed by atoms with E-state index in [9.17, 15) is 4.79 Å². The quantitative estimate of drug-likeness (QED) is 0.794. The van der Waals surface area contributed by atoms with Gasteiger partial charge in [0.15, 0.2) is 11.5 Å². The monoisotopic (exact) mass is 382 g/mol. The predicted octanol–water partition coefficient (Wildman–Crippen LogP) is 3.65. The Labute approximate surface area is 167 Å². The molecule has 3 rings (SSSR count). The fourth-order valence-corrected chi connectivity index (χ4v) is 3.81. The SMILES string of the molecule is COc1cccc(C(=O)NC[C@@H]2CCCN(Cc3ccc(C)cc3)C2)c1OC. The van der Waals surface area contributed by atoms with Crippen molar-refractivity contribution >= 4 is 5.91 Å². The standard InChI is InChI=1S/C23H30N2O3/c1-17-9-11-18(12-10-17)15-25-13-5-6-19(16-25)14-24-23(26)20-7-4-8-21(27-2)22(20)28-3/h4,7-12,19H,5-6,13-16H2,1-3H3,(H,24,26)/t19-/m0/s1. The number of carbonyl (C=O) groups is 1. The van der Waals surface area contributed by atoms with Gasteiger partial charge in [0.1, 0.15) is 0 Å². The lowest BCUT2D eigenvalue weighted by molar-refractivity contribution is 0.0927. The molecule has 1 fully saturated rings. The second-order valence-corrected chi connectivity index (χ2v) is 7.48. The summed E-state index contributed by atoms with van der Waals surface area (Å²) in [5.74, 6) is 1.38. The number of rotatable bonds is 7. The summed E-state index contributed by atoms with van der Waals surface area (Å²) in [7, 11) is 3.13. The van der Waals surface area contributed by atoms with Gasteiger partial charge in [-0.1, -0.05) is 35.9 Å². The summed E-state index contributed by atoms with van der Waals surface area (Å²) < 4.78 is 10.7. The van der Waals surface area contributed by atoms with Gasteiger partial charge >= 0.3 is 0 Å². The number of amides is 1. The maximum absolute atomic E-state index is 12.7. The van der Waals surface area contributed by atoms with E-state index < -0.39 is 0 Å². The molecule has 5 nitrogen and oxygen atoms in total. The Hall–Kier alpha value is -2.53. The Morgan fingerprint density at radius 1 is 1.14 bits per heavy atom. The van der Waals surface area contributed by atoms with Gasteiger partial charge in [-0.2, -0.15) is 0 Å². The number of hydrogen-bond donors (Lipinski definition) is 1. The highest BCUT2D eigenvalue weighted by Gasteiger charge is 2.22. The molecular formula is C23H30N2O3. The van der Waals surface area contributed by atoms with E-state index in [1.165, 1.54) is 11.1 Å². The third-order valence-corrected chi connectivity index (χ3v) is 5.33. The molecule has 0 unspecified atom stereocenters. The maximum Gasteiger partial charge on any atom is 0.255 e. The number of benzene rings is 2. The van der Waals surface area contributed by atoms with Crippen molar-refractivity contribution in [1.29, 1.82) is 0 Å². The Bertz CT molecular complexity index is 789. The molecular weight excluding hydrogens is 352 g/mol. The molecule has 1 aliphatic rings. The van der Waals surface area contributed by atoms with Crippen LogP contribution in [0.3, 0.4) is 0 Å². The highest BCUT2D eigenvalue weighted by molar-refractivity contribution is 5.97. The summed E-state index contributed by atoms with van der Waals surface area (Å²) in [4.78, 5) is 15.2. The van der Waals surface area contributed by atoms with Crippen LogP contribution in [0.2, 0.25) is 0 Å². The van der Waals surface area contributed by atoms with Gasteiger partial charge in [-0.25, -0.2) is 0 Å². The van der Waals surface area contributed by atoms with Crippen molar-refractivity contribution in [3.05, 3.63) is 59.2 Å². The zero-order valence-corrected chi connectivity index (χ0v) is 17.0. The van der Waals surface area contributed by atoms with Crippen LogP contribution in [0, 0.1) is 12.8 Å². The number of para-hydroxylation sites is 1. The van der Waals surface area contributed by atoms with E-state index in [0.717, 1.165) is 32.5 Å². The van der Waals surface area contributed by atoms with Crippen LogP contribution in [0.5, 0.6) is 11.5 Å². The number of likely N-dealkylation sites (tertiary alicyclic amines) is 1. The Morgan fingerprint density at radius 2 is 1.93 bits per heavy atom. The van der Waals surface area contributed by atoms with Crippen molar-refractivity contribution in [2.75, 3.05) is 33.9 Å². The smallest absolute Gasteiger partial charge is 0.255 e. The first-order valence-electron chi connectivity index (χ1n) is 9.87. The van der Waals surface area contributed by atoms with E-state index in [1.54, 1.807) is 32.4 Å². The van der Waals surface area contributed by atoms with Crippen molar-refractivity contribution in [3.8, 4) is 11.5 Å². The van der Waals surface area contributed by atoms with E-state index in [1.807, 2.05) is 0 Å². The van der Waals surface area contributed by atoms with Gasteiger partial charge < -0.3 is 14.8 Å². The van der Waals surface area contributed by atoms with Gasteiger partial charge in [-0.3, -0.25) is 9.69 Å². The summed E-state index contributed by atoms with van der Waals surface area (Å²) in [6.45, 7) is 5.87. The molecule has 5 heteroatoms. The average molecular weight is 383 g/mol. The number of aryl methyl sites for hydroxylation is 1. The topological polar surface area (TPSA) is 50.8 Å². The minimum atomic E-state index is -0.119. The van der Waals surface area contributed by atoms with Crippen molar-refractivity contribution < 1.29 is 14.3 Å². The number of carbonyl (C=O) groups excluding carboxylic acids is 1. The van der Waals surface area contributed by atoms with E-state index in [2.05, 4.69) is 41.4 Å². The molecule has 2 aromatic carbocycles. The minimum Gasteiger partial charge on any atom is -0.493 e. The lowest BCUT2D eigenvalue weighted by atomic mass is 9.97. The molecule has 0 aliphatic carbocycles. The molecule has 1 saturated heterocycles. The molecule has 28 heavy (non-hydrogen) atoms. The number of nitrogens with zero attached hydrogens (tertiary/aromatic N) is 1. The second kappa shape index (κ2) is 9.60. The molecule has 0 aromatic heterocycles. The Balaban J connectivity index is 1.55. The summed E-state index contributed by atoms with van der Waals surface area (Å²) in [5.41, 5.74) is 3.14. The number of piperidine rings is 1. The molecule has 2 aromatic rings. The molecule has 150 valence electrons. The molecule has 1 atom stereocenters. The predicted molar refractivity (Wildman–Crippen MR) is 111 cm³/mol. The van der Waals surface area contributed by atoms with Gasteiger partial charge in [0.25, 0.3) is 5.91 Å². The van der Waals surface area contributed by atoms with Crippen LogP contribution in [-0.4, -0.2) is 44.7 Å². The number of hydrogen-bond acceptors (Lipinski definition) is 4. The molecule has 1 N–H and O–H groups in total. The Kier molecular flexibility index (Phi) is 6.93. The van der Waals surface area contributed by atoms with Gasteiger partial charge in [0.2, 0.25) is 0 Å². The fraction of sp³-hybridized carbons (Fsp3) is 0.435. The van der Waals surface area contributed by atoms with Crippen molar-refractivity contribution in [2.45, 2.75) is 26.3 Å². The fourth-order valence-electron chi connectivity index (χ4n) is 3.81. The third kappa shape index (κ3) is 5.04. The number of methoxy groups -OCH3 is 2. The highest BCUT2D eigenvalue weighted by atomic mass is 16.5. The first kappa shape index (κ1) is 20.2. The average Bonchev–Trinajstić information content (AvgIpc) is 2.73. The zero-order chi connectivity index (χ0) is 19.9. The first-order valence-corrected chi connectivity index (χ1v) is 9.87. The normalized spacial score (nSPS) is 17.2. The molecule has 0 spiro atoms. The molecule has 0 radical (unpaired) electrons. The number of ether oxygens (including phenoxy) is 2. The van der Waals surface area contributed by atoms with Gasteiger partial charge in [0.05, 0.1) is 19.8 Å². The second-order valence-electron chi connectivity index (χ2n) is 7.48. The van der Waals surface area contributed by atoms with Crippen LogP contribution in [0.1, 0.15) is 34.3 Å². The van der Waals surface area contributed by atoms with Crippen molar-refractivity contribution in [2.24, 2.45) is 5.92 Å². The lowest BCUT2D eigenvalue weighted by Crippen LogP contribution is -2.40. The van der Waals surface area contributed by atoms with Gasteiger partial charge in [-0.15, -0.1) is 0 Å². The summed E-state index contributed by atoms with van der Waals surface area (Å²) in [6.07, 6.45) is 2.30. The summed E-state index contributed by atoms with van der Waals surface area (Å²) in [5, 5.41) is 3.09. The van der Waals surface area contributed by atoms with Crippen LogP contribution in [0.15, 0.2) is 42.5 Å². The lowest BCUT2D eigenvalue weighted by Gasteiger charge is -2.33. The molecule has 1 amide bonds. The first-order chi connectivity index (χ1) is 13.6. The highest BCUT2D eigenvalue weighted by Crippen LogP contribution is 2.30. The van der Waals surface area contributed by atoms with E-state index in [4.69, 9.17) is 9.47 Å². The summed E-state index contributed by atoms with van der Waals surface area (Å²) in [6, 6.07) is 14.1. The molecule has 0 saturated carbocycles. The van der Waals surface area contributed by atoms with E-state index in [0.29, 0.717) is 29.5 Å². The van der Waals surface area contributed by atoms with E-state index >= 15 is 0 Å². The van der Waals surface area contributed by atoms with Gasteiger partial charge in [-0.05, 0) is 49.9 Å². The molecule has 1 aliphatic heterocycles. The summed E-state index contributed by atoms with van der Waals surface area (Å²) >= 11 is 0. The number of nitrogens with one attached hydrogen (secondary N) is 1. The van der Waals surface area contributed by atoms with Crippen LogP contribution >= 0.6 is 0 Å². The third-order valence-electron chi connectivity index (χ3n) is 5.33. The van der Waals surface area contributed by atoms with Crippen molar-refractivity contribution in [1.82, 2.24) is 10.2 Å². The van der Waals surface area contributed by atoms with Crippen LogP contribution < -0.4 is 14.8 Å². The van der Waals surface area contributed by atoms with Gasteiger partial charge in [0, 0.05) is 19.6 Å². The maximum atomic E-state index is 12.7. The minimum absolute atomic E-state index is 0.119. The largest absolute Gasteiger partial charge is 0.493 e. The Morgan fingerprint density at radius 3 is 2.64 bits per heavy atom. The van der Waals surface area contributed by atoms with E-state index in [-0.39, 0.29) is 5.91 Å². The van der Waals surface area contributed by atoms with Crippen LogP contribution in [-0.2, 0) is 6.54 Å². The van der Waals surface area contributed by atoms with Crippen LogP contribution in [0.4, 0.5) is 0 Å². The zero-order valence-electron chi connectivity index (χ0n) is 17.0.